The summed E-state index contributed by atoms with van der Waals surface area (Å²) in [6.07, 6.45) is 1.72. The summed E-state index contributed by atoms with van der Waals surface area (Å²) in [6, 6.07) is 0. The van der Waals surface area contributed by atoms with Crippen LogP contribution in [0.4, 0.5) is 0 Å². The fraction of sp³-hybridized carbons (Fsp3) is 0.444. The van der Waals surface area contributed by atoms with Crippen molar-refractivity contribution in [2.45, 2.75) is 19.9 Å². The van der Waals surface area contributed by atoms with Crippen LogP contribution in [-0.2, 0) is 11.3 Å². The Morgan fingerprint density at radius 3 is 2.84 bits per heavy atom. The molecule has 1 aromatic rings. The van der Waals surface area contributed by atoms with E-state index < -0.39 is 5.03 Å². The van der Waals surface area contributed by atoms with Crippen LogP contribution in [0.1, 0.15) is 18.2 Å². The van der Waals surface area contributed by atoms with Crippen LogP contribution in [0.3, 0.4) is 0 Å². The zero-order valence-electron chi connectivity index (χ0n) is 10.3. The van der Waals surface area contributed by atoms with E-state index in [4.69, 9.17) is 11.6 Å². The number of hydrogen-bond donors (Lipinski definition) is 1. The summed E-state index contributed by atoms with van der Waals surface area (Å²) in [6.45, 7) is 1.79. The van der Waals surface area contributed by atoms with E-state index in [2.05, 4.69) is 9.98 Å². The van der Waals surface area contributed by atoms with Crippen molar-refractivity contribution in [3.63, 3.8) is 0 Å². The van der Waals surface area contributed by atoms with Crippen molar-refractivity contribution in [3.8, 4) is 0 Å². The SMILES string of the molecule is CCC(=O)N(Cc1cnc(Cl)s1)C(=NC)N[N+](=O)[O-]. The van der Waals surface area contributed by atoms with Crippen molar-refractivity contribution in [1.29, 1.82) is 0 Å². The van der Waals surface area contributed by atoms with Gasteiger partial charge in [-0.25, -0.2) is 15.1 Å². The average molecular weight is 306 g/mol. The van der Waals surface area contributed by atoms with E-state index in [0.717, 1.165) is 0 Å². The molecule has 1 rings (SSSR count). The Labute approximate surface area is 118 Å². The van der Waals surface area contributed by atoms with Gasteiger partial charge in [-0.05, 0) is 0 Å². The van der Waals surface area contributed by atoms with Gasteiger partial charge in [0.2, 0.25) is 5.91 Å². The topological polar surface area (TPSA) is 101 Å². The maximum absolute atomic E-state index is 11.8. The summed E-state index contributed by atoms with van der Waals surface area (Å²) in [5.41, 5.74) is 1.90. The number of halogens is 1. The van der Waals surface area contributed by atoms with Crippen LogP contribution in [-0.4, -0.2) is 33.8 Å². The zero-order valence-corrected chi connectivity index (χ0v) is 11.9. The molecule has 0 bridgehead atoms. The number of guanidine groups is 1. The first kappa shape index (κ1) is 15.3. The van der Waals surface area contributed by atoms with Gasteiger partial charge in [0.25, 0.3) is 5.96 Å². The van der Waals surface area contributed by atoms with Gasteiger partial charge in [-0.15, -0.1) is 11.3 Å². The third-order valence-electron chi connectivity index (χ3n) is 2.10. The number of carbonyl (C=O) groups is 1. The lowest BCUT2D eigenvalue weighted by Gasteiger charge is -2.20. The second kappa shape index (κ2) is 7.00. The highest BCUT2D eigenvalue weighted by Gasteiger charge is 2.22. The van der Waals surface area contributed by atoms with Crippen molar-refractivity contribution < 1.29 is 9.83 Å². The fourth-order valence-corrected chi connectivity index (χ4v) is 2.26. The average Bonchev–Trinajstić information content (AvgIpc) is 2.78. The number of hydrogen-bond acceptors (Lipinski definition) is 6. The number of hydrazine groups is 1. The Balaban J connectivity index is 2.93. The minimum atomic E-state index is -0.766. The van der Waals surface area contributed by atoms with E-state index in [9.17, 15) is 14.9 Å². The predicted octanol–water partition coefficient (Wildman–Crippen LogP) is 1.30. The number of aliphatic imine (C=N–C) groups is 1. The van der Waals surface area contributed by atoms with E-state index in [1.54, 1.807) is 6.92 Å². The van der Waals surface area contributed by atoms with Crippen molar-refractivity contribution in [2.75, 3.05) is 7.05 Å². The number of thiazole rings is 1. The Morgan fingerprint density at radius 2 is 2.42 bits per heavy atom. The van der Waals surface area contributed by atoms with Gasteiger partial charge >= 0.3 is 0 Å². The second-order valence-electron chi connectivity index (χ2n) is 3.33. The molecule has 0 aliphatic carbocycles. The third-order valence-corrected chi connectivity index (χ3v) is 3.20. The van der Waals surface area contributed by atoms with Crippen molar-refractivity contribution in [1.82, 2.24) is 15.3 Å². The number of nitrogens with one attached hydrogen (secondary N) is 1. The molecule has 1 aromatic heterocycles. The molecule has 0 fully saturated rings. The highest BCUT2D eigenvalue weighted by Crippen LogP contribution is 2.19. The largest absolute Gasteiger partial charge is 0.274 e. The molecule has 10 heteroatoms. The smallest absolute Gasteiger partial charge is 0.263 e. The normalized spacial score (nSPS) is 11.2. The van der Waals surface area contributed by atoms with Crippen LogP contribution in [0.25, 0.3) is 0 Å². The monoisotopic (exact) mass is 305 g/mol. The highest BCUT2D eigenvalue weighted by molar-refractivity contribution is 7.15. The molecule has 0 aromatic carbocycles. The number of nitro groups is 1. The van der Waals surface area contributed by atoms with Crippen LogP contribution in [0.5, 0.6) is 0 Å². The molecular formula is C9H12ClN5O3S. The third kappa shape index (κ3) is 4.45. The number of nitrogens with zero attached hydrogens (tertiary/aromatic N) is 4. The molecular weight excluding hydrogens is 294 g/mol. The van der Waals surface area contributed by atoms with Crippen LogP contribution in [0, 0.1) is 10.1 Å². The van der Waals surface area contributed by atoms with Crippen LogP contribution in [0.15, 0.2) is 11.2 Å². The Hall–Kier alpha value is -1.74. The van der Waals surface area contributed by atoms with E-state index in [-0.39, 0.29) is 24.8 Å². The highest BCUT2D eigenvalue weighted by atomic mass is 35.5. The van der Waals surface area contributed by atoms with Crippen LogP contribution in [0.2, 0.25) is 4.47 Å². The number of amides is 1. The molecule has 0 aliphatic rings. The molecule has 1 N–H and O–H groups in total. The lowest BCUT2D eigenvalue weighted by molar-refractivity contribution is -0.526. The van der Waals surface area contributed by atoms with E-state index in [1.807, 2.05) is 5.43 Å². The molecule has 0 saturated heterocycles. The van der Waals surface area contributed by atoms with E-state index >= 15 is 0 Å². The molecule has 0 radical (unpaired) electrons. The molecule has 104 valence electrons. The molecule has 1 heterocycles. The Kier molecular flexibility index (Phi) is 5.64. The molecule has 0 aliphatic heterocycles. The van der Waals surface area contributed by atoms with Crippen molar-refractivity contribution in [3.05, 3.63) is 25.7 Å². The van der Waals surface area contributed by atoms with E-state index in [1.165, 1.54) is 29.5 Å². The molecule has 0 spiro atoms. The molecule has 8 nitrogen and oxygen atoms in total. The second-order valence-corrected chi connectivity index (χ2v) is 5.03. The van der Waals surface area contributed by atoms with Gasteiger partial charge in [0.15, 0.2) is 9.50 Å². The van der Waals surface area contributed by atoms with Gasteiger partial charge < -0.3 is 0 Å². The summed E-state index contributed by atoms with van der Waals surface area (Å²) < 4.78 is 0.344. The lowest BCUT2D eigenvalue weighted by Crippen LogP contribution is -2.46. The molecule has 0 unspecified atom stereocenters. The van der Waals surface area contributed by atoms with Gasteiger partial charge in [-0.2, -0.15) is 0 Å². The molecule has 0 atom stereocenters. The first-order valence-corrected chi connectivity index (χ1v) is 6.45. The summed E-state index contributed by atoms with van der Waals surface area (Å²) in [5, 5.41) is 9.72. The number of carbonyl (C=O) groups excluding carboxylic acids is 1. The van der Waals surface area contributed by atoms with Crippen molar-refractivity contribution in [2.24, 2.45) is 4.99 Å². The van der Waals surface area contributed by atoms with Crippen molar-refractivity contribution >= 4 is 34.8 Å². The summed E-state index contributed by atoms with van der Waals surface area (Å²) >= 11 is 6.90. The quantitative estimate of drug-likeness (QED) is 0.391. The molecule has 0 saturated carbocycles. The molecule has 1 amide bonds. The van der Waals surface area contributed by atoms with E-state index in [0.29, 0.717) is 9.34 Å². The maximum atomic E-state index is 11.8. The van der Waals surface area contributed by atoms with Gasteiger partial charge in [-0.3, -0.25) is 14.7 Å². The lowest BCUT2D eigenvalue weighted by atomic mass is 10.4. The number of rotatable bonds is 4. The zero-order chi connectivity index (χ0) is 14.4. The van der Waals surface area contributed by atoms with Crippen LogP contribution < -0.4 is 5.43 Å². The standard InChI is InChI=1S/C9H12ClN5O3S/c1-3-7(16)14(9(11-2)13-15(17)18)5-6-4-12-8(10)19-6/h4H,3,5H2,1-2H3,(H,11,13). The summed E-state index contributed by atoms with van der Waals surface area (Å²) in [4.78, 5) is 31.8. The van der Waals surface area contributed by atoms with Gasteiger partial charge in [0.1, 0.15) is 0 Å². The fourth-order valence-electron chi connectivity index (χ4n) is 1.30. The summed E-state index contributed by atoms with van der Waals surface area (Å²) in [7, 11) is 1.36. The van der Waals surface area contributed by atoms with Gasteiger partial charge in [-0.1, -0.05) is 24.0 Å². The summed E-state index contributed by atoms with van der Waals surface area (Å²) in [5.74, 6) is -0.416. The predicted molar refractivity (Wildman–Crippen MR) is 71.5 cm³/mol. The molecule has 19 heavy (non-hydrogen) atoms. The number of aromatic nitrogens is 1. The van der Waals surface area contributed by atoms with Gasteiger partial charge in [0, 0.05) is 24.5 Å². The maximum Gasteiger partial charge on any atom is 0.263 e. The Bertz CT molecular complexity index is 504. The van der Waals surface area contributed by atoms with Crippen LogP contribution >= 0.6 is 22.9 Å². The Morgan fingerprint density at radius 1 is 1.74 bits per heavy atom. The van der Waals surface area contributed by atoms with Gasteiger partial charge in [0.05, 0.1) is 6.54 Å². The minimum absolute atomic E-state index is 0.124. The minimum Gasteiger partial charge on any atom is -0.274 e. The first-order chi connectivity index (χ1) is 8.97. The first-order valence-electron chi connectivity index (χ1n) is 5.26.